The molecular weight excluding hydrogens is 361 g/mol. The third-order valence-electron chi connectivity index (χ3n) is 4.18. The molecule has 0 radical (unpaired) electrons. The van der Waals surface area contributed by atoms with Crippen LogP contribution in [0.15, 0.2) is 53.1 Å². The van der Waals surface area contributed by atoms with Gasteiger partial charge in [0, 0.05) is 31.1 Å². The van der Waals surface area contributed by atoms with E-state index in [2.05, 4.69) is 15.6 Å². The number of hydrogen-bond donors (Lipinski definition) is 2. The smallest absolute Gasteiger partial charge is 0.224 e. The Bertz CT molecular complexity index is 1010. The van der Waals surface area contributed by atoms with Gasteiger partial charge in [0.25, 0.3) is 0 Å². The molecule has 0 aliphatic rings. The first-order valence-corrected chi connectivity index (χ1v) is 8.80. The predicted molar refractivity (Wildman–Crippen MR) is 104 cm³/mol. The Morgan fingerprint density at radius 3 is 2.50 bits per heavy atom. The van der Waals surface area contributed by atoms with Crippen molar-refractivity contribution in [1.82, 2.24) is 4.98 Å². The minimum absolute atomic E-state index is 0.154. The van der Waals surface area contributed by atoms with Crippen LogP contribution in [0.1, 0.15) is 24.8 Å². The van der Waals surface area contributed by atoms with Crippen molar-refractivity contribution in [2.45, 2.75) is 26.7 Å². The zero-order chi connectivity index (χ0) is 20.1. The van der Waals surface area contributed by atoms with E-state index < -0.39 is 5.82 Å². The van der Waals surface area contributed by atoms with Crippen LogP contribution in [0.2, 0.25) is 0 Å². The van der Waals surface area contributed by atoms with Crippen molar-refractivity contribution in [2.24, 2.45) is 0 Å². The fourth-order valence-corrected chi connectivity index (χ4v) is 2.74. The Balaban J connectivity index is 1.61. The number of benzene rings is 2. The largest absolute Gasteiger partial charge is 0.441 e. The summed E-state index contributed by atoms with van der Waals surface area (Å²) < 4.78 is 19.4. The van der Waals surface area contributed by atoms with Gasteiger partial charge in [-0.2, -0.15) is 0 Å². The minimum atomic E-state index is -0.391. The Labute approximate surface area is 161 Å². The molecule has 2 amide bonds. The normalized spacial score (nSPS) is 10.5. The first-order valence-electron chi connectivity index (χ1n) is 8.80. The Morgan fingerprint density at radius 1 is 1.07 bits per heavy atom. The maximum atomic E-state index is 13.8. The summed E-state index contributed by atoms with van der Waals surface area (Å²) in [6.45, 7) is 3.24. The van der Waals surface area contributed by atoms with Gasteiger partial charge in [-0.1, -0.05) is 18.2 Å². The Kier molecular flexibility index (Phi) is 5.84. The van der Waals surface area contributed by atoms with Crippen molar-refractivity contribution in [1.29, 1.82) is 0 Å². The second-order valence-electron chi connectivity index (χ2n) is 6.31. The van der Waals surface area contributed by atoms with Crippen LogP contribution in [0.3, 0.4) is 0 Å². The highest BCUT2D eigenvalue weighted by Crippen LogP contribution is 2.25. The third-order valence-corrected chi connectivity index (χ3v) is 4.18. The second kappa shape index (κ2) is 8.47. The van der Waals surface area contributed by atoms with Gasteiger partial charge >= 0.3 is 0 Å². The van der Waals surface area contributed by atoms with Gasteiger partial charge in [0.2, 0.25) is 11.8 Å². The van der Waals surface area contributed by atoms with E-state index in [1.165, 1.54) is 19.2 Å². The maximum absolute atomic E-state index is 13.8. The van der Waals surface area contributed by atoms with Crippen LogP contribution < -0.4 is 10.6 Å². The lowest BCUT2D eigenvalue weighted by Crippen LogP contribution is -2.14. The summed E-state index contributed by atoms with van der Waals surface area (Å²) in [4.78, 5) is 27.6. The van der Waals surface area contributed by atoms with Crippen molar-refractivity contribution < 1.29 is 18.4 Å². The van der Waals surface area contributed by atoms with Gasteiger partial charge in [-0.25, -0.2) is 9.37 Å². The lowest BCUT2D eigenvalue weighted by atomic mass is 10.1. The molecule has 2 aromatic carbocycles. The van der Waals surface area contributed by atoms with Crippen molar-refractivity contribution in [3.63, 3.8) is 0 Å². The lowest BCUT2D eigenvalue weighted by Gasteiger charge is -2.12. The van der Waals surface area contributed by atoms with E-state index in [1.807, 2.05) is 6.92 Å². The number of nitrogens with one attached hydrogen (secondary N) is 2. The Hall–Kier alpha value is -3.48. The summed E-state index contributed by atoms with van der Waals surface area (Å²) in [6.07, 6.45) is 1.89. The van der Waals surface area contributed by atoms with Crippen LogP contribution in [-0.2, 0) is 16.0 Å². The van der Waals surface area contributed by atoms with Crippen molar-refractivity contribution in [3.05, 3.63) is 65.9 Å². The van der Waals surface area contributed by atoms with Gasteiger partial charge < -0.3 is 15.1 Å². The molecule has 1 heterocycles. The minimum Gasteiger partial charge on any atom is -0.441 e. The van der Waals surface area contributed by atoms with Crippen molar-refractivity contribution in [2.75, 3.05) is 10.6 Å². The number of anilines is 2. The molecule has 6 nitrogen and oxygen atoms in total. The summed E-state index contributed by atoms with van der Waals surface area (Å²) in [6, 6.07) is 11.6. The Morgan fingerprint density at radius 2 is 1.79 bits per heavy atom. The predicted octanol–water partition coefficient (Wildman–Crippen LogP) is 4.32. The van der Waals surface area contributed by atoms with Crippen molar-refractivity contribution in [3.8, 4) is 11.3 Å². The van der Waals surface area contributed by atoms with Crippen LogP contribution in [0.5, 0.6) is 0 Å². The zero-order valence-electron chi connectivity index (χ0n) is 15.6. The molecule has 0 atom stereocenters. The van der Waals surface area contributed by atoms with Gasteiger partial charge in [-0.05, 0) is 36.8 Å². The molecule has 1 aromatic heterocycles. The van der Waals surface area contributed by atoms with Crippen LogP contribution >= 0.6 is 0 Å². The summed E-state index contributed by atoms with van der Waals surface area (Å²) in [7, 11) is 0. The summed E-state index contributed by atoms with van der Waals surface area (Å²) >= 11 is 0. The van der Waals surface area contributed by atoms with E-state index in [0.717, 1.165) is 5.56 Å². The van der Waals surface area contributed by atoms with Gasteiger partial charge in [0.15, 0.2) is 11.7 Å². The average Bonchev–Trinajstić information content (AvgIpc) is 3.12. The molecule has 0 unspecified atom stereocenters. The monoisotopic (exact) mass is 381 g/mol. The summed E-state index contributed by atoms with van der Waals surface area (Å²) in [5.41, 5.74) is 2.36. The standard InChI is InChI=1S/C21H20FN3O3/c1-13-17(24-14(2)26)8-5-9-18(13)25-20(27)10-11-21-23-12-19(28-21)15-6-3-4-7-16(15)22/h3-9,12H,10-11H2,1-2H3,(H,24,26)(H,25,27). The number of hydrogen-bond acceptors (Lipinski definition) is 4. The highest BCUT2D eigenvalue weighted by Gasteiger charge is 2.13. The van der Waals surface area contributed by atoms with E-state index in [0.29, 0.717) is 28.6 Å². The van der Waals surface area contributed by atoms with Gasteiger partial charge in [-0.3, -0.25) is 9.59 Å². The number of oxazole rings is 1. The number of aromatic nitrogens is 1. The van der Waals surface area contributed by atoms with E-state index in [1.54, 1.807) is 36.4 Å². The first-order chi connectivity index (χ1) is 13.4. The molecular formula is C21H20FN3O3. The van der Waals surface area contributed by atoms with Gasteiger partial charge in [-0.15, -0.1) is 0 Å². The molecule has 0 fully saturated rings. The fraction of sp³-hybridized carbons (Fsp3) is 0.190. The number of halogens is 1. The average molecular weight is 381 g/mol. The quantitative estimate of drug-likeness (QED) is 0.666. The fourth-order valence-electron chi connectivity index (χ4n) is 2.74. The molecule has 0 spiro atoms. The molecule has 0 bridgehead atoms. The molecule has 28 heavy (non-hydrogen) atoms. The number of rotatable bonds is 6. The van der Waals surface area contributed by atoms with Gasteiger partial charge in [0.05, 0.1) is 11.8 Å². The molecule has 0 saturated heterocycles. The SMILES string of the molecule is CC(=O)Nc1cccc(NC(=O)CCc2ncc(-c3ccccc3F)o2)c1C. The summed E-state index contributed by atoms with van der Waals surface area (Å²) in [5.74, 6) is -0.100. The molecule has 7 heteroatoms. The molecule has 3 aromatic rings. The third kappa shape index (κ3) is 4.62. The highest BCUT2D eigenvalue weighted by atomic mass is 19.1. The maximum Gasteiger partial charge on any atom is 0.224 e. The molecule has 0 aliphatic heterocycles. The molecule has 144 valence electrons. The number of amides is 2. The van der Waals surface area contributed by atoms with E-state index in [4.69, 9.17) is 4.42 Å². The topological polar surface area (TPSA) is 84.2 Å². The van der Waals surface area contributed by atoms with E-state index >= 15 is 0 Å². The number of aryl methyl sites for hydroxylation is 1. The molecule has 3 rings (SSSR count). The number of carbonyl (C=O) groups is 2. The van der Waals surface area contributed by atoms with Crippen LogP contribution in [0.4, 0.5) is 15.8 Å². The van der Waals surface area contributed by atoms with Crippen LogP contribution in [0, 0.1) is 12.7 Å². The summed E-state index contributed by atoms with van der Waals surface area (Å²) in [5, 5.41) is 5.54. The van der Waals surface area contributed by atoms with Gasteiger partial charge in [0.1, 0.15) is 5.82 Å². The lowest BCUT2D eigenvalue weighted by molar-refractivity contribution is -0.116. The molecule has 2 N–H and O–H groups in total. The number of nitrogens with zero attached hydrogens (tertiary/aromatic N) is 1. The molecule has 0 saturated carbocycles. The van der Waals surface area contributed by atoms with E-state index in [-0.39, 0.29) is 24.7 Å². The van der Waals surface area contributed by atoms with E-state index in [9.17, 15) is 14.0 Å². The first kappa shape index (κ1) is 19.3. The highest BCUT2D eigenvalue weighted by molar-refractivity contribution is 5.95. The second-order valence-corrected chi connectivity index (χ2v) is 6.31. The zero-order valence-corrected chi connectivity index (χ0v) is 15.6. The van der Waals surface area contributed by atoms with Crippen LogP contribution in [0.25, 0.3) is 11.3 Å². The van der Waals surface area contributed by atoms with Crippen LogP contribution in [-0.4, -0.2) is 16.8 Å². The number of carbonyl (C=O) groups excluding carboxylic acids is 2. The van der Waals surface area contributed by atoms with Crippen molar-refractivity contribution >= 4 is 23.2 Å². The molecule has 0 aliphatic carbocycles.